The molecule has 1 N–H and O–H groups in total. The van der Waals surface area contributed by atoms with Crippen LogP contribution < -0.4 is 14.8 Å². The first-order chi connectivity index (χ1) is 13.0. The minimum Gasteiger partial charge on any atom is -0.484 e. The molecule has 1 atom stereocenters. The predicted octanol–water partition coefficient (Wildman–Crippen LogP) is 3.56. The summed E-state index contributed by atoms with van der Waals surface area (Å²) in [5, 5.41) is 2.65. The first-order valence-corrected chi connectivity index (χ1v) is 8.81. The van der Waals surface area contributed by atoms with E-state index in [2.05, 4.69) is 5.32 Å². The molecule has 0 saturated carbocycles. The van der Waals surface area contributed by atoms with Crippen LogP contribution in [0.4, 0.5) is 0 Å². The summed E-state index contributed by atoms with van der Waals surface area (Å²) in [4.78, 5) is 23.8. The van der Waals surface area contributed by atoms with Crippen molar-refractivity contribution in [1.29, 1.82) is 0 Å². The molecule has 2 rings (SSSR count). The van der Waals surface area contributed by atoms with E-state index in [1.165, 1.54) is 7.11 Å². The maximum absolute atomic E-state index is 12.1. The third-order valence-electron chi connectivity index (χ3n) is 3.70. The van der Waals surface area contributed by atoms with Crippen LogP contribution in [0.1, 0.15) is 20.3 Å². The molecule has 6 heteroatoms. The standard InChI is InChI=1S/C21H25NO5/c1-15(2)13-19(21(24)25-3)22-20(23)14-26-16-9-11-18(12-10-16)27-17-7-5-4-6-8-17/h4-12,15,19H,13-14H2,1-3H3,(H,22,23). The number of rotatable bonds is 9. The van der Waals surface area contributed by atoms with Crippen LogP contribution in [0.5, 0.6) is 17.2 Å². The Bertz CT molecular complexity index is 728. The monoisotopic (exact) mass is 371 g/mol. The Morgan fingerprint density at radius 1 is 0.926 bits per heavy atom. The zero-order valence-electron chi connectivity index (χ0n) is 15.8. The minimum absolute atomic E-state index is 0.190. The minimum atomic E-state index is -0.673. The molecule has 0 saturated heterocycles. The summed E-state index contributed by atoms with van der Waals surface area (Å²) in [6.07, 6.45) is 0.504. The van der Waals surface area contributed by atoms with E-state index >= 15 is 0 Å². The molecule has 1 amide bonds. The van der Waals surface area contributed by atoms with Crippen molar-refractivity contribution in [1.82, 2.24) is 5.32 Å². The number of amides is 1. The van der Waals surface area contributed by atoms with Crippen molar-refractivity contribution < 1.29 is 23.8 Å². The number of hydrogen-bond acceptors (Lipinski definition) is 5. The van der Waals surface area contributed by atoms with Gasteiger partial charge in [0.1, 0.15) is 23.3 Å². The maximum Gasteiger partial charge on any atom is 0.328 e. The average Bonchev–Trinajstić information content (AvgIpc) is 2.67. The van der Waals surface area contributed by atoms with Crippen molar-refractivity contribution in [3.63, 3.8) is 0 Å². The molecule has 1 unspecified atom stereocenters. The number of esters is 1. The quantitative estimate of drug-likeness (QED) is 0.682. The summed E-state index contributed by atoms with van der Waals surface area (Å²) < 4.78 is 15.9. The first-order valence-electron chi connectivity index (χ1n) is 8.81. The molecule has 0 aromatic heterocycles. The van der Waals surface area contributed by atoms with Crippen LogP contribution in [-0.2, 0) is 14.3 Å². The molecule has 2 aromatic rings. The van der Waals surface area contributed by atoms with Crippen molar-refractivity contribution in [2.45, 2.75) is 26.3 Å². The van der Waals surface area contributed by atoms with Gasteiger partial charge in [-0.1, -0.05) is 32.0 Å². The Balaban J connectivity index is 1.84. The van der Waals surface area contributed by atoms with Crippen molar-refractivity contribution in [2.24, 2.45) is 5.92 Å². The third-order valence-corrected chi connectivity index (χ3v) is 3.70. The molecule has 0 aliphatic heterocycles. The number of hydrogen-bond donors (Lipinski definition) is 1. The van der Waals surface area contributed by atoms with Gasteiger partial charge in [0, 0.05) is 0 Å². The van der Waals surface area contributed by atoms with Gasteiger partial charge >= 0.3 is 5.97 Å². The number of nitrogens with one attached hydrogen (secondary N) is 1. The predicted molar refractivity (Wildman–Crippen MR) is 102 cm³/mol. The van der Waals surface area contributed by atoms with E-state index < -0.39 is 12.0 Å². The molecule has 0 spiro atoms. The number of carbonyl (C=O) groups excluding carboxylic acids is 2. The van der Waals surface area contributed by atoms with Crippen LogP contribution in [0.3, 0.4) is 0 Å². The Morgan fingerprint density at radius 3 is 2.11 bits per heavy atom. The Labute approximate surface area is 159 Å². The molecular weight excluding hydrogens is 346 g/mol. The van der Waals surface area contributed by atoms with E-state index in [1.54, 1.807) is 24.3 Å². The first kappa shape index (κ1) is 20.3. The normalized spacial score (nSPS) is 11.6. The number of para-hydroxylation sites is 1. The van der Waals surface area contributed by atoms with Gasteiger partial charge in [-0.15, -0.1) is 0 Å². The van der Waals surface area contributed by atoms with Crippen LogP contribution in [0.2, 0.25) is 0 Å². The topological polar surface area (TPSA) is 73.9 Å². The molecule has 0 aliphatic rings. The lowest BCUT2D eigenvalue weighted by Crippen LogP contribution is -2.44. The van der Waals surface area contributed by atoms with Crippen molar-refractivity contribution in [3.05, 3.63) is 54.6 Å². The Kier molecular flexibility index (Phi) is 7.67. The molecule has 0 bridgehead atoms. The summed E-state index contributed by atoms with van der Waals surface area (Å²) in [6, 6.07) is 15.7. The second-order valence-electron chi connectivity index (χ2n) is 6.45. The van der Waals surface area contributed by atoms with E-state index in [4.69, 9.17) is 14.2 Å². The van der Waals surface area contributed by atoms with E-state index in [1.807, 2.05) is 44.2 Å². The fourth-order valence-electron chi connectivity index (χ4n) is 2.44. The number of ether oxygens (including phenoxy) is 3. The molecule has 0 aliphatic carbocycles. The molecule has 27 heavy (non-hydrogen) atoms. The summed E-state index contributed by atoms with van der Waals surface area (Å²) in [5.41, 5.74) is 0. The molecule has 2 aromatic carbocycles. The van der Waals surface area contributed by atoms with Gasteiger partial charge in [0.2, 0.25) is 0 Å². The number of methoxy groups -OCH3 is 1. The molecular formula is C21H25NO5. The maximum atomic E-state index is 12.1. The van der Waals surface area contributed by atoms with Gasteiger partial charge in [0.05, 0.1) is 7.11 Å². The molecule has 0 heterocycles. The van der Waals surface area contributed by atoms with Crippen LogP contribution >= 0.6 is 0 Å². The summed E-state index contributed by atoms with van der Waals surface area (Å²) >= 11 is 0. The molecule has 0 radical (unpaired) electrons. The van der Waals surface area contributed by atoms with Gasteiger partial charge in [-0.05, 0) is 48.7 Å². The molecule has 0 fully saturated rings. The van der Waals surface area contributed by atoms with E-state index in [0.717, 1.165) is 5.75 Å². The van der Waals surface area contributed by atoms with Gasteiger partial charge in [-0.2, -0.15) is 0 Å². The lowest BCUT2D eigenvalue weighted by atomic mass is 10.0. The highest BCUT2D eigenvalue weighted by molar-refractivity contribution is 5.85. The molecule has 6 nitrogen and oxygen atoms in total. The summed E-state index contributed by atoms with van der Waals surface area (Å²) in [6.45, 7) is 3.75. The lowest BCUT2D eigenvalue weighted by Gasteiger charge is -2.18. The zero-order chi connectivity index (χ0) is 19.6. The fourth-order valence-corrected chi connectivity index (χ4v) is 2.44. The van der Waals surface area contributed by atoms with Crippen molar-refractivity contribution >= 4 is 11.9 Å². The van der Waals surface area contributed by atoms with Crippen LogP contribution in [-0.4, -0.2) is 31.6 Å². The third kappa shape index (κ3) is 7.01. The molecule has 144 valence electrons. The van der Waals surface area contributed by atoms with Crippen LogP contribution in [0.25, 0.3) is 0 Å². The van der Waals surface area contributed by atoms with Gasteiger partial charge in [-0.3, -0.25) is 4.79 Å². The summed E-state index contributed by atoms with van der Waals surface area (Å²) in [5.74, 6) is 1.34. The van der Waals surface area contributed by atoms with Gasteiger partial charge < -0.3 is 19.5 Å². The largest absolute Gasteiger partial charge is 0.484 e. The zero-order valence-corrected chi connectivity index (χ0v) is 15.8. The van der Waals surface area contributed by atoms with Gasteiger partial charge in [0.25, 0.3) is 5.91 Å². The van der Waals surface area contributed by atoms with E-state index in [-0.39, 0.29) is 18.4 Å². The lowest BCUT2D eigenvalue weighted by molar-refractivity contribution is -0.145. The smallest absolute Gasteiger partial charge is 0.328 e. The Morgan fingerprint density at radius 2 is 1.52 bits per heavy atom. The second kappa shape index (κ2) is 10.2. The number of carbonyl (C=O) groups is 2. The Hall–Kier alpha value is -3.02. The second-order valence-corrected chi connectivity index (χ2v) is 6.45. The van der Waals surface area contributed by atoms with Crippen molar-refractivity contribution in [3.8, 4) is 17.2 Å². The fraction of sp³-hybridized carbons (Fsp3) is 0.333. The highest BCUT2D eigenvalue weighted by atomic mass is 16.5. The highest BCUT2D eigenvalue weighted by Gasteiger charge is 2.22. The highest BCUT2D eigenvalue weighted by Crippen LogP contribution is 2.23. The SMILES string of the molecule is COC(=O)C(CC(C)C)NC(=O)COc1ccc(Oc2ccccc2)cc1. The number of benzene rings is 2. The van der Waals surface area contributed by atoms with Gasteiger partial charge in [-0.25, -0.2) is 4.79 Å². The van der Waals surface area contributed by atoms with Crippen LogP contribution in [0.15, 0.2) is 54.6 Å². The van der Waals surface area contributed by atoms with Crippen LogP contribution in [0, 0.1) is 5.92 Å². The average molecular weight is 371 g/mol. The van der Waals surface area contributed by atoms with Crippen molar-refractivity contribution in [2.75, 3.05) is 13.7 Å². The van der Waals surface area contributed by atoms with E-state index in [0.29, 0.717) is 17.9 Å². The van der Waals surface area contributed by atoms with E-state index in [9.17, 15) is 9.59 Å². The summed E-state index contributed by atoms with van der Waals surface area (Å²) in [7, 11) is 1.30. The van der Waals surface area contributed by atoms with Gasteiger partial charge in [0.15, 0.2) is 6.61 Å².